The van der Waals surface area contributed by atoms with Crippen LogP contribution in [0.25, 0.3) is 0 Å². The molecule has 0 aromatic rings. The second-order valence-corrected chi connectivity index (χ2v) is 2.28. The van der Waals surface area contributed by atoms with E-state index in [1.54, 1.807) is 0 Å². The third kappa shape index (κ3) is 5.60. The number of thiocarbonyl (C=S) groups is 1. The van der Waals surface area contributed by atoms with E-state index in [2.05, 4.69) is 15.4 Å². The fourth-order valence-corrected chi connectivity index (χ4v) is 0.612. The van der Waals surface area contributed by atoms with Crippen molar-refractivity contribution in [2.45, 2.75) is 13.3 Å². The fourth-order valence-electron chi connectivity index (χ4n) is 0.426. The van der Waals surface area contributed by atoms with Crippen LogP contribution in [0.1, 0.15) is 13.3 Å². The molecule has 5 heteroatoms. The number of hydrogen-bond donors (Lipinski definition) is 2. The monoisotopic (exact) mass is 176 g/mol. The van der Waals surface area contributed by atoms with E-state index in [0.29, 0.717) is 5.11 Å². The molecule has 11 heavy (non-hydrogen) atoms. The Morgan fingerprint density at radius 2 is 2.27 bits per heavy atom. The van der Waals surface area contributed by atoms with Crippen LogP contribution < -0.4 is 10.6 Å². The van der Waals surface area contributed by atoms with Crippen molar-refractivity contribution in [1.29, 1.82) is 0 Å². The van der Waals surface area contributed by atoms with Crippen LogP contribution in [-0.2, 0) is 4.74 Å². The van der Waals surface area contributed by atoms with Gasteiger partial charge in [0.25, 0.3) is 0 Å². The van der Waals surface area contributed by atoms with E-state index in [4.69, 9.17) is 12.2 Å². The molecule has 1 amide bonds. The molecule has 0 bridgehead atoms. The minimum absolute atomic E-state index is 0.304. The SMILES string of the molecule is CCCNC(=S)NC(=O)OC. The number of carbonyl (C=O) groups excluding carboxylic acids is 1. The van der Waals surface area contributed by atoms with Crippen molar-refractivity contribution < 1.29 is 9.53 Å². The quantitative estimate of drug-likeness (QED) is 0.606. The molecule has 0 aliphatic heterocycles. The first-order valence-corrected chi connectivity index (χ1v) is 3.74. The molecule has 4 nitrogen and oxygen atoms in total. The number of alkyl carbamates (subject to hydrolysis) is 1. The van der Waals surface area contributed by atoms with Gasteiger partial charge in [-0.2, -0.15) is 0 Å². The lowest BCUT2D eigenvalue weighted by Crippen LogP contribution is -2.39. The molecule has 0 heterocycles. The van der Waals surface area contributed by atoms with Crippen LogP contribution in [0.3, 0.4) is 0 Å². The predicted octanol–water partition coefficient (Wildman–Crippen LogP) is 0.627. The molecular formula is C6H12N2O2S. The molecule has 0 spiro atoms. The molecule has 0 aliphatic rings. The Kier molecular flexibility index (Phi) is 5.46. The maximum absolute atomic E-state index is 10.5. The molecule has 64 valence electrons. The molecule has 0 unspecified atom stereocenters. The normalized spacial score (nSPS) is 8.55. The molecule has 0 aliphatic carbocycles. The lowest BCUT2D eigenvalue weighted by Gasteiger charge is -2.06. The zero-order valence-corrected chi connectivity index (χ0v) is 7.46. The third-order valence-corrected chi connectivity index (χ3v) is 1.18. The average molecular weight is 176 g/mol. The maximum Gasteiger partial charge on any atom is 0.413 e. The molecule has 2 N–H and O–H groups in total. The Morgan fingerprint density at radius 3 is 2.73 bits per heavy atom. The minimum Gasteiger partial charge on any atom is -0.453 e. The van der Waals surface area contributed by atoms with Gasteiger partial charge in [-0.1, -0.05) is 6.92 Å². The summed E-state index contributed by atoms with van der Waals surface area (Å²) in [4.78, 5) is 10.5. The van der Waals surface area contributed by atoms with E-state index in [0.717, 1.165) is 13.0 Å². The maximum atomic E-state index is 10.5. The first kappa shape index (κ1) is 10.2. The highest BCUT2D eigenvalue weighted by atomic mass is 32.1. The molecular weight excluding hydrogens is 164 g/mol. The predicted molar refractivity (Wildman–Crippen MR) is 46.4 cm³/mol. The van der Waals surface area contributed by atoms with Crippen LogP contribution >= 0.6 is 12.2 Å². The van der Waals surface area contributed by atoms with Crippen molar-refractivity contribution in [2.75, 3.05) is 13.7 Å². The Bertz CT molecular complexity index is 150. The summed E-state index contributed by atoms with van der Waals surface area (Å²) in [5.74, 6) is 0. The van der Waals surface area contributed by atoms with E-state index < -0.39 is 6.09 Å². The first-order valence-electron chi connectivity index (χ1n) is 3.33. The van der Waals surface area contributed by atoms with Gasteiger partial charge >= 0.3 is 6.09 Å². The third-order valence-electron chi connectivity index (χ3n) is 0.937. The van der Waals surface area contributed by atoms with Crippen molar-refractivity contribution in [3.8, 4) is 0 Å². The number of carbonyl (C=O) groups is 1. The van der Waals surface area contributed by atoms with Gasteiger partial charge in [-0.15, -0.1) is 0 Å². The van der Waals surface area contributed by atoms with E-state index in [-0.39, 0.29) is 0 Å². The Labute approximate surface area is 71.3 Å². The van der Waals surface area contributed by atoms with Crippen molar-refractivity contribution in [1.82, 2.24) is 10.6 Å². The molecule has 0 aromatic heterocycles. The van der Waals surface area contributed by atoms with E-state index in [1.165, 1.54) is 7.11 Å². The van der Waals surface area contributed by atoms with Gasteiger partial charge in [0.2, 0.25) is 0 Å². The topological polar surface area (TPSA) is 50.4 Å². The van der Waals surface area contributed by atoms with Gasteiger partial charge in [0, 0.05) is 6.54 Å². The highest BCUT2D eigenvalue weighted by Gasteiger charge is 2.00. The van der Waals surface area contributed by atoms with Crippen LogP contribution in [-0.4, -0.2) is 24.9 Å². The number of hydrogen-bond acceptors (Lipinski definition) is 3. The molecule has 0 saturated heterocycles. The van der Waals surface area contributed by atoms with Gasteiger partial charge in [-0.25, -0.2) is 4.79 Å². The Morgan fingerprint density at radius 1 is 1.64 bits per heavy atom. The van der Waals surface area contributed by atoms with Crippen molar-refractivity contribution in [2.24, 2.45) is 0 Å². The zero-order valence-electron chi connectivity index (χ0n) is 6.64. The number of nitrogens with one attached hydrogen (secondary N) is 2. The summed E-state index contributed by atoms with van der Waals surface area (Å²) in [5.41, 5.74) is 0. The van der Waals surface area contributed by atoms with Crippen molar-refractivity contribution in [3.63, 3.8) is 0 Å². The zero-order chi connectivity index (χ0) is 8.69. The number of amides is 1. The molecule has 0 atom stereocenters. The molecule has 0 saturated carbocycles. The largest absolute Gasteiger partial charge is 0.453 e. The van der Waals surface area contributed by atoms with Crippen LogP contribution in [0.2, 0.25) is 0 Å². The molecule has 0 rings (SSSR count). The summed E-state index contributed by atoms with van der Waals surface area (Å²) in [7, 11) is 1.29. The van der Waals surface area contributed by atoms with Gasteiger partial charge in [0.1, 0.15) is 0 Å². The van der Waals surface area contributed by atoms with Crippen LogP contribution in [0.4, 0.5) is 4.79 Å². The summed E-state index contributed by atoms with van der Waals surface area (Å²) in [6.45, 7) is 2.76. The van der Waals surface area contributed by atoms with Crippen LogP contribution in [0.15, 0.2) is 0 Å². The fraction of sp³-hybridized carbons (Fsp3) is 0.667. The van der Waals surface area contributed by atoms with Gasteiger partial charge in [-0.3, -0.25) is 5.32 Å². The average Bonchev–Trinajstić information content (AvgIpc) is 2.00. The van der Waals surface area contributed by atoms with Crippen LogP contribution in [0.5, 0.6) is 0 Å². The lowest BCUT2D eigenvalue weighted by molar-refractivity contribution is 0.176. The summed E-state index contributed by atoms with van der Waals surface area (Å²) in [5, 5.41) is 5.44. The van der Waals surface area contributed by atoms with Gasteiger partial charge < -0.3 is 10.1 Å². The first-order chi connectivity index (χ1) is 5.20. The standard InChI is InChI=1S/C6H12N2O2S/c1-3-4-7-5(11)8-6(9)10-2/h3-4H2,1-2H3,(H2,7,8,9,11). The highest BCUT2D eigenvalue weighted by molar-refractivity contribution is 7.80. The van der Waals surface area contributed by atoms with E-state index in [9.17, 15) is 4.79 Å². The van der Waals surface area contributed by atoms with E-state index >= 15 is 0 Å². The minimum atomic E-state index is -0.543. The Hall–Kier alpha value is -0.840. The van der Waals surface area contributed by atoms with E-state index in [1.807, 2.05) is 6.92 Å². The van der Waals surface area contributed by atoms with Crippen molar-refractivity contribution >= 4 is 23.4 Å². The molecule has 0 aromatic carbocycles. The summed E-state index contributed by atoms with van der Waals surface area (Å²) < 4.78 is 4.32. The second kappa shape index (κ2) is 5.91. The van der Waals surface area contributed by atoms with Gasteiger partial charge in [0.15, 0.2) is 5.11 Å². The molecule has 0 fully saturated rings. The summed E-state index contributed by atoms with van der Waals surface area (Å²) >= 11 is 4.74. The van der Waals surface area contributed by atoms with Crippen molar-refractivity contribution in [3.05, 3.63) is 0 Å². The van der Waals surface area contributed by atoms with Crippen LogP contribution in [0, 0.1) is 0 Å². The highest BCUT2D eigenvalue weighted by Crippen LogP contribution is 1.74. The number of rotatable bonds is 2. The summed E-state index contributed by atoms with van der Waals surface area (Å²) in [6, 6.07) is 0. The summed E-state index contributed by atoms with van der Waals surface area (Å²) in [6.07, 6.45) is 0.418. The lowest BCUT2D eigenvalue weighted by atomic mass is 10.5. The van der Waals surface area contributed by atoms with Gasteiger partial charge in [-0.05, 0) is 18.6 Å². The number of ether oxygens (including phenoxy) is 1. The number of methoxy groups -OCH3 is 1. The smallest absolute Gasteiger partial charge is 0.413 e. The molecule has 0 radical (unpaired) electrons. The Balaban J connectivity index is 3.44. The van der Waals surface area contributed by atoms with Gasteiger partial charge in [0.05, 0.1) is 7.11 Å². The second-order valence-electron chi connectivity index (χ2n) is 1.87.